The Hall–Kier alpha value is -1.75. The molecular formula is C7H5F3N4. The van der Waals surface area contributed by atoms with Crippen molar-refractivity contribution in [2.75, 3.05) is 0 Å². The van der Waals surface area contributed by atoms with Crippen LogP contribution in [0.3, 0.4) is 0 Å². The highest BCUT2D eigenvalue weighted by atomic mass is 19.4. The number of nitrogens with zero attached hydrogens (tertiary/aromatic N) is 4. The van der Waals surface area contributed by atoms with Gasteiger partial charge in [-0.3, -0.25) is 4.98 Å². The molecule has 14 heavy (non-hydrogen) atoms. The molecule has 0 unspecified atom stereocenters. The van der Waals surface area contributed by atoms with E-state index in [1.54, 1.807) is 0 Å². The highest BCUT2D eigenvalue weighted by molar-refractivity contribution is 5.22. The van der Waals surface area contributed by atoms with E-state index in [-0.39, 0.29) is 12.1 Å². The zero-order valence-electron chi connectivity index (χ0n) is 6.86. The first-order chi connectivity index (χ1) is 6.55. The van der Waals surface area contributed by atoms with Crippen LogP contribution in [0.25, 0.3) is 10.4 Å². The van der Waals surface area contributed by atoms with Gasteiger partial charge < -0.3 is 0 Å². The van der Waals surface area contributed by atoms with Crippen LogP contribution in [0.2, 0.25) is 0 Å². The zero-order valence-corrected chi connectivity index (χ0v) is 6.86. The van der Waals surface area contributed by atoms with Crippen molar-refractivity contribution in [2.24, 2.45) is 5.11 Å². The second-order valence-corrected chi connectivity index (χ2v) is 2.40. The molecule has 1 rings (SSSR count). The minimum absolute atomic E-state index is 0.127. The van der Waals surface area contributed by atoms with Crippen molar-refractivity contribution in [3.63, 3.8) is 0 Å². The van der Waals surface area contributed by atoms with Gasteiger partial charge in [0.05, 0.1) is 6.54 Å². The summed E-state index contributed by atoms with van der Waals surface area (Å²) in [5, 5.41) is 3.06. The first-order valence-electron chi connectivity index (χ1n) is 3.57. The van der Waals surface area contributed by atoms with Crippen LogP contribution in [0.15, 0.2) is 23.4 Å². The number of hydrogen-bond acceptors (Lipinski definition) is 2. The van der Waals surface area contributed by atoms with E-state index in [0.29, 0.717) is 0 Å². The second kappa shape index (κ2) is 3.97. The molecule has 0 aliphatic heterocycles. The van der Waals surface area contributed by atoms with Crippen molar-refractivity contribution in [3.8, 4) is 0 Å². The standard InChI is InChI=1S/C7H5F3N4/c8-7(9,10)6-5(4-13-14-11)2-1-3-12-6/h1-3H,4H2. The van der Waals surface area contributed by atoms with Crippen molar-refractivity contribution in [3.05, 3.63) is 40.0 Å². The van der Waals surface area contributed by atoms with Crippen LogP contribution in [0.4, 0.5) is 13.2 Å². The van der Waals surface area contributed by atoms with Crippen molar-refractivity contribution < 1.29 is 13.2 Å². The van der Waals surface area contributed by atoms with Crippen LogP contribution in [-0.2, 0) is 12.7 Å². The highest BCUT2D eigenvalue weighted by Gasteiger charge is 2.34. The third-order valence-electron chi connectivity index (χ3n) is 1.46. The fourth-order valence-electron chi connectivity index (χ4n) is 0.929. The largest absolute Gasteiger partial charge is 0.433 e. The predicted octanol–water partition coefficient (Wildman–Crippen LogP) is 2.91. The maximum absolute atomic E-state index is 12.3. The van der Waals surface area contributed by atoms with Gasteiger partial charge >= 0.3 is 6.18 Å². The average molecular weight is 202 g/mol. The smallest absolute Gasteiger partial charge is 0.252 e. The maximum Gasteiger partial charge on any atom is 0.433 e. The number of halogens is 3. The molecule has 0 fully saturated rings. The van der Waals surface area contributed by atoms with E-state index in [4.69, 9.17) is 5.53 Å². The number of aromatic nitrogens is 1. The summed E-state index contributed by atoms with van der Waals surface area (Å²) >= 11 is 0. The summed E-state index contributed by atoms with van der Waals surface area (Å²) < 4.78 is 36.8. The lowest BCUT2D eigenvalue weighted by atomic mass is 10.2. The predicted molar refractivity (Wildman–Crippen MR) is 42.1 cm³/mol. The number of azide groups is 1. The van der Waals surface area contributed by atoms with Gasteiger partial charge in [-0.25, -0.2) is 0 Å². The third-order valence-corrected chi connectivity index (χ3v) is 1.46. The Morgan fingerprint density at radius 1 is 1.50 bits per heavy atom. The van der Waals surface area contributed by atoms with E-state index >= 15 is 0 Å². The Morgan fingerprint density at radius 3 is 2.79 bits per heavy atom. The van der Waals surface area contributed by atoms with Crippen molar-refractivity contribution in [1.82, 2.24) is 4.98 Å². The van der Waals surface area contributed by atoms with Crippen molar-refractivity contribution in [2.45, 2.75) is 12.7 Å². The molecule has 0 radical (unpaired) electrons. The molecule has 4 nitrogen and oxygen atoms in total. The number of rotatable bonds is 2. The lowest BCUT2D eigenvalue weighted by molar-refractivity contribution is -0.141. The number of hydrogen-bond donors (Lipinski definition) is 0. The minimum atomic E-state index is -4.51. The molecule has 0 aliphatic carbocycles. The molecule has 1 heterocycles. The highest BCUT2D eigenvalue weighted by Crippen LogP contribution is 2.30. The molecule has 0 saturated carbocycles. The lowest BCUT2D eigenvalue weighted by Gasteiger charge is -2.08. The first-order valence-corrected chi connectivity index (χ1v) is 3.57. The molecule has 0 amide bonds. The van der Waals surface area contributed by atoms with Crippen LogP contribution in [0.5, 0.6) is 0 Å². The third kappa shape index (κ3) is 2.37. The molecule has 74 valence electrons. The molecule has 0 N–H and O–H groups in total. The molecule has 7 heteroatoms. The Kier molecular flexibility index (Phi) is 2.93. The molecule has 0 aliphatic rings. The van der Waals surface area contributed by atoms with E-state index in [9.17, 15) is 13.2 Å². The molecule has 1 aromatic rings. The van der Waals surface area contributed by atoms with Gasteiger partial charge in [-0.2, -0.15) is 13.2 Å². The van der Waals surface area contributed by atoms with E-state index in [0.717, 1.165) is 6.20 Å². The van der Waals surface area contributed by atoms with Gasteiger partial charge in [0, 0.05) is 11.1 Å². The number of pyridine rings is 1. The summed E-state index contributed by atoms with van der Waals surface area (Å²) in [6, 6.07) is 2.59. The Morgan fingerprint density at radius 2 is 2.21 bits per heavy atom. The second-order valence-electron chi connectivity index (χ2n) is 2.40. The molecule has 0 spiro atoms. The Balaban J connectivity index is 3.09. The maximum atomic E-state index is 12.3. The molecule has 0 bridgehead atoms. The van der Waals surface area contributed by atoms with Crippen molar-refractivity contribution >= 4 is 0 Å². The summed E-state index contributed by atoms with van der Waals surface area (Å²) in [5.41, 5.74) is 6.84. The summed E-state index contributed by atoms with van der Waals surface area (Å²) in [4.78, 5) is 5.58. The summed E-state index contributed by atoms with van der Waals surface area (Å²) in [5.74, 6) is 0. The first kappa shape index (κ1) is 10.3. The van der Waals surface area contributed by atoms with Gasteiger partial charge in [0.15, 0.2) is 0 Å². The van der Waals surface area contributed by atoms with E-state index in [1.165, 1.54) is 12.1 Å². The molecule has 0 aromatic carbocycles. The van der Waals surface area contributed by atoms with Gasteiger partial charge in [0.2, 0.25) is 0 Å². The topological polar surface area (TPSA) is 61.7 Å². The normalized spacial score (nSPS) is 10.8. The van der Waals surface area contributed by atoms with Crippen LogP contribution in [0, 0.1) is 0 Å². The van der Waals surface area contributed by atoms with Gasteiger partial charge in [-0.1, -0.05) is 11.2 Å². The average Bonchev–Trinajstić information content (AvgIpc) is 2.14. The molecular weight excluding hydrogens is 197 g/mol. The van der Waals surface area contributed by atoms with E-state index in [1.807, 2.05) is 0 Å². The van der Waals surface area contributed by atoms with Crippen LogP contribution < -0.4 is 0 Å². The lowest BCUT2D eigenvalue weighted by Crippen LogP contribution is -2.11. The van der Waals surface area contributed by atoms with Crippen LogP contribution >= 0.6 is 0 Å². The zero-order chi connectivity index (χ0) is 10.6. The van der Waals surface area contributed by atoms with Gasteiger partial charge in [-0.15, -0.1) is 0 Å². The van der Waals surface area contributed by atoms with Gasteiger partial charge in [-0.05, 0) is 17.2 Å². The number of alkyl halides is 3. The summed E-state index contributed by atoms with van der Waals surface area (Å²) in [7, 11) is 0. The Bertz CT molecular complexity index is 367. The molecule has 0 atom stereocenters. The van der Waals surface area contributed by atoms with Gasteiger partial charge in [0.25, 0.3) is 0 Å². The fraction of sp³-hybridized carbons (Fsp3) is 0.286. The minimum Gasteiger partial charge on any atom is -0.252 e. The molecule has 1 aromatic heterocycles. The SMILES string of the molecule is [N-]=[N+]=NCc1cccnc1C(F)(F)F. The van der Waals surface area contributed by atoms with E-state index < -0.39 is 11.9 Å². The van der Waals surface area contributed by atoms with Crippen molar-refractivity contribution in [1.29, 1.82) is 0 Å². The summed E-state index contributed by atoms with van der Waals surface area (Å²) in [6.07, 6.45) is -3.47. The van der Waals surface area contributed by atoms with Gasteiger partial charge in [0.1, 0.15) is 5.69 Å². The van der Waals surface area contributed by atoms with E-state index in [2.05, 4.69) is 15.0 Å². The monoisotopic (exact) mass is 202 g/mol. The van der Waals surface area contributed by atoms with Crippen LogP contribution in [0.1, 0.15) is 11.3 Å². The fourth-order valence-corrected chi connectivity index (χ4v) is 0.929. The van der Waals surface area contributed by atoms with Crippen LogP contribution in [-0.4, -0.2) is 4.98 Å². The summed E-state index contributed by atoms with van der Waals surface area (Å²) in [6.45, 7) is -0.348. The molecule has 0 saturated heterocycles. The Labute approximate surface area is 77.0 Å². The quantitative estimate of drug-likeness (QED) is 0.413.